The Bertz CT molecular complexity index is 535. The van der Waals surface area contributed by atoms with Crippen molar-refractivity contribution in [1.29, 1.82) is 0 Å². The van der Waals surface area contributed by atoms with E-state index in [0.29, 0.717) is 0 Å². The van der Waals surface area contributed by atoms with Gasteiger partial charge in [-0.2, -0.15) is 0 Å². The summed E-state index contributed by atoms with van der Waals surface area (Å²) in [6.07, 6.45) is 5.92. The fourth-order valence-corrected chi connectivity index (χ4v) is 4.11. The number of nitrogens with one attached hydrogen (secondary N) is 1. The Labute approximate surface area is 148 Å². The van der Waals surface area contributed by atoms with Gasteiger partial charge in [0, 0.05) is 13.1 Å². The van der Waals surface area contributed by atoms with Crippen molar-refractivity contribution in [3.8, 4) is 0 Å². The Morgan fingerprint density at radius 2 is 1.83 bits per heavy atom. The first-order chi connectivity index (χ1) is 11.0. The first-order valence-electron chi connectivity index (χ1n) is 8.52. The zero-order chi connectivity index (χ0) is 16.7. The molecule has 0 radical (unpaired) electrons. The molecule has 3 amide bonds. The van der Waals surface area contributed by atoms with Gasteiger partial charge < -0.3 is 11.1 Å². The predicted octanol–water partition coefficient (Wildman–Crippen LogP) is 0.705. The van der Waals surface area contributed by atoms with Gasteiger partial charge in [-0.1, -0.05) is 32.4 Å². The van der Waals surface area contributed by atoms with Crippen LogP contribution in [0.5, 0.6) is 0 Å². The first kappa shape index (κ1) is 18.9. The van der Waals surface area contributed by atoms with Crippen LogP contribution in [-0.2, 0) is 14.4 Å². The minimum atomic E-state index is -0.551. The number of imide groups is 1. The first-order valence-corrected chi connectivity index (χ1v) is 8.52. The maximum absolute atomic E-state index is 12.5. The largest absolute Gasteiger partial charge is 0.353 e. The molecule has 6 atom stereocenters. The monoisotopic (exact) mass is 355 g/mol. The molecule has 2 aliphatic carbocycles. The summed E-state index contributed by atoms with van der Waals surface area (Å²) in [4.78, 5) is 38.3. The number of carbonyl (C=O) groups is 3. The number of nitrogens with zero attached hydrogens (tertiary/aromatic N) is 1. The van der Waals surface area contributed by atoms with Crippen LogP contribution >= 0.6 is 12.4 Å². The molecule has 1 heterocycles. The van der Waals surface area contributed by atoms with Crippen LogP contribution < -0.4 is 11.1 Å². The van der Waals surface area contributed by atoms with E-state index in [4.69, 9.17) is 5.73 Å². The molecule has 24 heavy (non-hydrogen) atoms. The van der Waals surface area contributed by atoms with Crippen molar-refractivity contribution in [3.05, 3.63) is 12.2 Å². The summed E-state index contributed by atoms with van der Waals surface area (Å²) in [5, 5.41) is 2.74. The highest BCUT2D eigenvalue weighted by Crippen LogP contribution is 2.52. The lowest BCUT2D eigenvalue weighted by Gasteiger charge is -2.20. The number of likely N-dealkylation sites (tertiary alicyclic amines) is 1. The summed E-state index contributed by atoms with van der Waals surface area (Å²) in [7, 11) is 0. The Kier molecular flexibility index (Phi) is 5.71. The van der Waals surface area contributed by atoms with Crippen LogP contribution in [0, 0.1) is 29.6 Å². The summed E-state index contributed by atoms with van der Waals surface area (Å²) in [5.74, 6) is -0.160. The van der Waals surface area contributed by atoms with Crippen molar-refractivity contribution in [2.45, 2.75) is 32.7 Å². The summed E-state index contributed by atoms with van der Waals surface area (Å²) in [5.41, 5.74) is 5.87. The molecule has 3 N–H and O–H groups in total. The Balaban J connectivity index is 0.00000208. The predicted molar refractivity (Wildman–Crippen MR) is 92.1 cm³/mol. The fraction of sp³-hybridized carbons (Fsp3) is 0.706. The molecule has 3 aliphatic rings. The zero-order valence-electron chi connectivity index (χ0n) is 14.1. The van der Waals surface area contributed by atoms with E-state index in [0.717, 1.165) is 12.8 Å². The summed E-state index contributed by atoms with van der Waals surface area (Å²) < 4.78 is 0. The highest BCUT2D eigenvalue weighted by molar-refractivity contribution is 6.06. The Hall–Kier alpha value is -1.40. The normalized spacial score (nSPS) is 32.5. The molecule has 2 bridgehead atoms. The molecule has 0 spiro atoms. The van der Waals surface area contributed by atoms with E-state index in [1.54, 1.807) is 0 Å². The van der Waals surface area contributed by atoms with Gasteiger partial charge >= 0.3 is 0 Å². The van der Waals surface area contributed by atoms with Gasteiger partial charge in [-0.15, -0.1) is 12.4 Å². The van der Waals surface area contributed by atoms with Crippen molar-refractivity contribution >= 4 is 30.1 Å². The van der Waals surface area contributed by atoms with Gasteiger partial charge in [0.1, 0.15) is 0 Å². The highest BCUT2D eigenvalue weighted by atomic mass is 35.5. The smallest absolute Gasteiger partial charge is 0.237 e. The number of carbonyl (C=O) groups excluding carboxylic acids is 3. The molecule has 6 nitrogen and oxygen atoms in total. The molecule has 0 aromatic heterocycles. The molecular formula is C17H26ClN3O3. The molecule has 134 valence electrons. The average molecular weight is 356 g/mol. The molecule has 1 aliphatic heterocycles. The molecule has 2 fully saturated rings. The topological polar surface area (TPSA) is 92.5 Å². The van der Waals surface area contributed by atoms with E-state index in [1.165, 1.54) is 4.90 Å². The quantitative estimate of drug-likeness (QED) is 0.542. The lowest BCUT2D eigenvalue weighted by Crippen LogP contribution is -2.47. The lowest BCUT2D eigenvalue weighted by atomic mass is 9.85. The number of halogens is 1. The van der Waals surface area contributed by atoms with Gasteiger partial charge in [-0.25, -0.2) is 0 Å². The number of fused-ring (bicyclic) bond motifs is 5. The van der Waals surface area contributed by atoms with Crippen molar-refractivity contribution < 1.29 is 14.4 Å². The van der Waals surface area contributed by atoms with Crippen molar-refractivity contribution in [1.82, 2.24) is 10.2 Å². The SMILES string of the molecule is CCC(C)C(N)C(=O)NCCN1C(=O)C2C3C=CC(C3)C2C1=O.Cl. The van der Waals surface area contributed by atoms with Crippen LogP contribution in [0.3, 0.4) is 0 Å². The maximum Gasteiger partial charge on any atom is 0.237 e. The molecule has 0 aromatic carbocycles. The van der Waals surface area contributed by atoms with E-state index >= 15 is 0 Å². The summed E-state index contributed by atoms with van der Waals surface area (Å²) >= 11 is 0. The third kappa shape index (κ3) is 2.97. The van der Waals surface area contributed by atoms with Gasteiger partial charge in [-0.05, 0) is 24.2 Å². The number of hydrogen-bond acceptors (Lipinski definition) is 4. The standard InChI is InChI=1S/C17H25N3O3.ClH/c1-3-9(2)14(18)15(21)19-6-7-20-16(22)12-10-4-5-11(8-10)13(12)17(20)23;/h4-5,9-14H,3,6-8,18H2,1-2H3,(H,19,21);1H. The number of allylic oxidation sites excluding steroid dienone is 2. The lowest BCUT2D eigenvalue weighted by molar-refractivity contribution is -0.141. The number of rotatable bonds is 6. The van der Waals surface area contributed by atoms with E-state index in [-0.39, 0.29) is 72.8 Å². The minimum Gasteiger partial charge on any atom is -0.353 e. The zero-order valence-corrected chi connectivity index (χ0v) is 14.9. The van der Waals surface area contributed by atoms with Gasteiger partial charge in [-0.3, -0.25) is 19.3 Å². The van der Waals surface area contributed by atoms with Crippen LogP contribution in [0.1, 0.15) is 26.7 Å². The summed E-state index contributed by atoms with van der Waals surface area (Å²) in [6.45, 7) is 4.42. The second-order valence-electron chi connectivity index (χ2n) is 7.03. The molecule has 1 saturated carbocycles. The maximum atomic E-state index is 12.5. The molecule has 1 saturated heterocycles. The van der Waals surface area contributed by atoms with Crippen LogP contribution in [-0.4, -0.2) is 41.8 Å². The Morgan fingerprint density at radius 1 is 1.29 bits per heavy atom. The number of amides is 3. The van der Waals surface area contributed by atoms with Gasteiger partial charge in [0.15, 0.2) is 0 Å². The van der Waals surface area contributed by atoms with Crippen molar-refractivity contribution in [2.24, 2.45) is 35.3 Å². The van der Waals surface area contributed by atoms with Crippen LogP contribution in [0.4, 0.5) is 0 Å². The van der Waals surface area contributed by atoms with E-state index in [9.17, 15) is 14.4 Å². The minimum absolute atomic E-state index is 0. The van der Waals surface area contributed by atoms with E-state index in [1.807, 2.05) is 13.8 Å². The van der Waals surface area contributed by atoms with E-state index in [2.05, 4.69) is 17.5 Å². The average Bonchev–Trinajstić information content (AvgIpc) is 3.22. The van der Waals surface area contributed by atoms with Crippen molar-refractivity contribution in [2.75, 3.05) is 13.1 Å². The molecular weight excluding hydrogens is 330 g/mol. The van der Waals surface area contributed by atoms with E-state index < -0.39 is 6.04 Å². The highest BCUT2D eigenvalue weighted by Gasteiger charge is 2.58. The fourth-order valence-electron chi connectivity index (χ4n) is 4.11. The van der Waals surface area contributed by atoms with Crippen molar-refractivity contribution in [3.63, 3.8) is 0 Å². The molecule has 7 heteroatoms. The van der Waals surface area contributed by atoms with Gasteiger partial charge in [0.2, 0.25) is 17.7 Å². The molecule has 6 unspecified atom stereocenters. The van der Waals surface area contributed by atoms with Crippen LogP contribution in [0.25, 0.3) is 0 Å². The number of nitrogens with two attached hydrogens (primary N) is 1. The second kappa shape index (κ2) is 7.23. The van der Waals surface area contributed by atoms with Crippen LogP contribution in [0.15, 0.2) is 12.2 Å². The second-order valence-corrected chi connectivity index (χ2v) is 7.03. The van der Waals surface area contributed by atoms with Crippen LogP contribution in [0.2, 0.25) is 0 Å². The van der Waals surface area contributed by atoms with Gasteiger partial charge in [0.25, 0.3) is 0 Å². The third-order valence-electron chi connectivity index (χ3n) is 5.76. The molecule has 3 rings (SSSR count). The Morgan fingerprint density at radius 3 is 2.33 bits per heavy atom. The number of hydrogen-bond donors (Lipinski definition) is 2. The molecule has 0 aromatic rings. The van der Waals surface area contributed by atoms with Gasteiger partial charge in [0.05, 0.1) is 17.9 Å². The third-order valence-corrected chi connectivity index (χ3v) is 5.76. The summed E-state index contributed by atoms with van der Waals surface area (Å²) in [6, 6.07) is -0.551.